The zero-order chi connectivity index (χ0) is 30.7. The molecular formula is C37H36ClNO3S. The van der Waals surface area contributed by atoms with Gasteiger partial charge in [0.1, 0.15) is 22.6 Å². The van der Waals surface area contributed by atoms with E-state index in [0.717, 1.165) is 39.1 Å². The molecule has 0 aliphatic carbocycles. The van der Waals surface area contributed by atoms with Gasteiger partial charge in [-0.1, -0.05) is 138 Å². The lowest BCUT2D eigenvalue weighted by molar-refractivity contribution is -0.123. The van der Waals surface area contributed by atoms with E-state index in [9.17, 15) is 9.90 Å². The summed E-state index contributed by atoms with van der Waals surface area (Å²) in [5, 5.41) is 12.9. The van der Waals surface area contributed by atoms with Crippen molar-refractivity contribution in [1.29, 1.82) is 0 Å². The second-order valence-electron chi connectivity index (χ2n) is 13.5. The number of hydrogen-bond acceptors (Lipinski definition) is 4. The summed E-state index contributed by atoms with van der Waals surface area (Å²) in [6.07, 6.45) is -0.655. The Morgan fingerprint density at radius 1 is 0.814 bits per heavy atom. The van der Waals surface area contributed by atoms with Crippen molar-refractivity contribution in [3.05, 3.63) is 129 Å². The number of fused-ring (bicyclic) bond motifs is 1. The maximum absolute atomic E-state index is 14.6. The van der Waals surface area contributed by atoms with Gasteiger partial charge in [-0.15, -0.1) is 0 Å². The van der Waals surface area contributed by atoms with Crippen LogP contribution < -0.4 is 4.74 Å². The molecular weight excluding hydrogens is 574 g/mol. The lowest BCUT2D eigenvalue weighted by atomic mass is 9.70. The monoisotopic (exact) mass is 609 g/mol. The van der Waals surface area contributed by atoms with Crippen molar-refractivity contribution in [3.63, 3.8) is 0 Å². The Kier molecular flexibility index (Phi) is 7.26. The van der Waals surface area contributed by atoms with Crippen molar-refractivity contribution >= 4 is 34.3 Å². The highest BCUT2D eigenvalue weighted by Gasteiger charge is 2.62. The lowest BCUT2D eigenvalue weighted by Gasteiger charge is -2.46. The molecule has 4 aromatic rings. The summed E-state index contributed by atoms with van der Waals surface area (Å²) in [5.41, 5.74) is 4.62. The number of ether oxygens (including phenoxy) is 1. The van der Waals surface area contributed by atoms with Crippen LogP contribution >= 0.6 is 23.4 Å². The van der Waals surface area contributed by atoms with Crippen molar-refractivity contribution in [2.45, 2.75) is 69.1 Å². The molecule has 0 aromatic heterocycles. The van der Waals surface area contributed by atoms with Crippen LogP contribution in [0.5, 0.6) is 11.5 Å². The van der Waals surface area contributed by atoms with Crippen LogP contribution in [0.3, 0.4) is 0 Å². The number of hydrogen-bond donors (Lipinski definition) is 1. The molecule has 4 nitrogen and oxygen atoms in total. The third kappa shape index (κ3) is 5.07. The van der Waals surface area contributed by atoms with Gasteiger partial charge in [0.25, 0.3) is 5.91 Å². The molecule has 1 amide bonds. The molecule has 220 valence electrons. The van der Waals surface area contributed by atoms with E-state index >= 15 is 0 Å². The van der Waals surface area contributed by atoms with Crippen molar-refractivity contribution in [1.82, 2.24) is 0 Å². The molecule has 43 heavy (non-hydrogen) atoms. The van der Waals surface area contributed by atoms with Crippen molar-refractivity contribution < 1.29 is 14.6 Å². The molecule has 0 radical (unpaired) electrons. The average molecular weight is 610 g/mol. The quantitative estimate of drug-likeness (QED) is 0.251. The van der Waals surface area contributed by atoms with Crippen LogP contribution in [0.15, 0.2) is 96.0 Å². The molecule has 0 saturated heterocycles. The van der Waals surface area contributed by atoms with Crippen LogP contribution in [0.1, 0.15) is 86.9 Å². The number of phenols is 1. The summed E-state index contributed by atoms with van der Waals surface area (Å²) in [4.78, 5) is 19.4. The fourth-order valence-electron chi connectivity index (χ4n) is 6.23. The van der Waals surface area contributed by atoms with Gasteiger partial charge in [0.15, 0.2) is 4.75 Å². The van der Waals surface area contributed by atoms with E-state index in [0.29, 0.717) is 15.8 Å². The predicted octanol–water partition coefficient (Wildman–Crippen LogP) is 9.37. The molecule has 1 spiro atoms. The zero-order valence-electron chi connectivity index (χ0n) is 25.3. The van der Waals surface area contributed by atoms with Gasteiger partial charge >= 0.3 is 0 Å². The van der Waals surface area contributed by atoms with Gasteiger partial charge in [0.05, 0.1) is 0 Å². The smallest absolute Gasteiger partial charge is 0.268 e. The van der Waals surface area contributed by atoms with Gasteiger partial charge in [0.2, 0.25) is 0 Å². The Morgan fingerprint density at radius 3 is 2.00 bits per heavy atom. The zero-order valence-corrected chi connectivity index (χ0v) is 26.9. The van der Waals surface area contributed by atoms with Crippen molar-refractivity contribution in [2.24, 2.45) is 4.99 Å². The highest BCUT2D eigenvalue weighted by Crippen LogP contribution is 2.61. The van der Waals surface area contributed by atoms with E-state index in [1.165, 1.54) is 11.8 Å². The Bertz CT molecular complexity index is 1700. The minimum atomic E-state index is -1.16. The maximum atomic E-state index is 14.6. The third-order valence-corrected chi connectivity index (χ3v) is 10.1. The van der Waals surface area contributed by atoms with Gasteiger partial charge in [0, 0.05) is 22.1 Å². The number of aromatic hydroxyl groups is 1. The summed E-state index contributed by atoms with van der Waals surface area (Å²) in [6, 6.07) is 29.5. The first-order chi connectivity index (χ1) is 20.3. The van der Waals surface area contributed by atoms with E-state index in [-0.39, 0.29) is 16.7 Å². The summed E-state index contributed by atoms with van der Waals surface area (Å²) in [6.45, 7) is 12.6. The SMILES string of the molecule is CC(C)(C)c1cc([C@@H]2c3ccccc3O[C@H](c3ccc(Cl)cc3)[C@]23SC(c2ccccc2)=NC3=O)cc(C(C)(C)C)c1O. The number of thioether (sulfide) groups is 1. The fourth-order valence-corrected chi connectivity index (χ4v) is 7.86. The third-order valence-electron chi connectivity index (χ3n) is 8.37. The topological polar surface area (TPSA) is 58.9 Å². The van der Waals surface area contributed by atoms with E-state index in [2.05, 4.69) is 59.7 Å². The first-order valence-electron chi connectivity index (χ1n) is 14.6. The number of phenolic OH excluding ortho intramolecular Hbond substituents is 1. The van der Waals surface area contributed by atoms with Gasteiger partial charge < -0.3 is 9.84 Å². The lowest BCUT2D eigenvalue weighted by Crippen LogP contribution is -2.49. The van der Waals surface area contributed by atoms with Crippen LogP contribution in [0.2, 0.25) is 5.02 Å². The molecule has 2 heterocycles. The largest absolute Gasteiger partial charge is 0.507 e. The molecule has 4 aromatic carbocycles. The first-order valence-corrected chi connectivity index (χ1v) is 15.8. The predicted molar refractivity (Wildman–Crippen MR) is 177 cm³/mol. The molecule has 0 bridgehead atoms. The van der Waals surface area contributed by atoms with Gasteiger partial charge in [-0.2, -0.15) is 0 Å². The molecule has 6 rings (SSSR count). The van der Waals surface area contributed by atoms with Crippen molar-refractivity contribution in [3.8, 4) is 11.5 Å². The number of carbonyl (C=O) groups is 1. The summed E-state index contributed by atoms with van der Waals surface area (Å²) in [7, 11) is 0. The van der Waals surface area contributed by atoms with Crippen LogP contribution in [-0.2, 0) is 15.6 Å². The highest BCUT2D eigenvalue weighted by atomic mass is 35.5. The Hall–Kier alpha value is -3.54. The van der Waals surface area contributed by atoms with Gasteiger partial charge in [-0.25, -0.2) is 4.99 Å². The standard InChI is InChI=1S/C37H36ClNO3S/c1-35(2,3)27-20-24(21-28(31(27)40)36(4,5)6)30-26-14-10-11-15-29(26)42-32(22-16-18-25(38)19-17-22)37(30)34(41)39-33(43-37)23-12-8-7-9-13-23/h7-21,30,32,40H,1-6H3/t30-,32-,37-/m1/s1. The van der Waals surface area contributed by atoms with Crippen LogP contribution in [0.25, 0.3) is 0 Å². The molecule has 2 aliphatic rings. The second-order valence-corrected chi connectivity index (χ2v) is 15.2. The number of nitrogens with zero attached hydrogens (tertiary/aromatic N) is 1. The van der Waals surface area contributed by atoms with Crippen molar-refractivity contribution in [2.75, 3.05) is 0 Å². The summed E-state index contributed by atoms with van der Waals surface area (Å²) in [5.74, 6) is 0.364. The highest BCUT2D eigenvalue weighted by molar-refractivity contribution is 8.16. The minimum absolute atomic E-state index is 0.238. The Morgan fingerprint density at radius 2 is 1.40 bits per heavy atom. The van der Waals surface area contributed by atoms with Crippen LogP contribution in [0, 0.1) is 0 Å². The molecule has 3 atom stereocenters. The molecule has 0 saturated carbocycles. The first kappa shape index (κ1) is 29.5. The molecule has 0 fully saturated rings. The van der Waals surface area contributed by atoms with Crippen LogP contribution in [-0.4, -0.2) is 20.8 Å². The number of aliphatic imine (C=N–C) groups is 1. The molecule has 6 heteroatoms. The van der Waals surface area contributed by atoms with Gasteiger partial charge in [-0.05, 0) is 51.3 Å². The number of amides is 1. The average Bonchev–Trinajstić information content (AvgIpc) is 3.29. The van der Waals surface area contributed by atoms with E-state index < -0.39 is 16.8 Å². The van der Waals surface area contributed by atoms with E-state index in [4.69, 9.17) is 21.3 Å². The van der Waals surface area contributed by atoms with E-state index in [1.807, 2.05) is 72.8 Å². The Balaban J connectivity index is 1.67. The van der Waals surface area contributed by atoms with E-state index in [1.54, 1.807) is 0 Å². The maximum Gasteiger partial charge on any atom is 0.268 e. The minimum Gasteiger partial charge on any atom is -0.507 e. The Labute approximate surface area is 263 Å². The fraction of sp³-hybridized carbons (Fsp3) is 0.297. The molecule has 1 N–H and O–H groups in total. The summed E-state index contributed by atoms with van der Waals surface area (Å²) < 4.78 is 5.66. The van der Waals surface area contributed by atoms with Crippen LogP contribution in [0.4, 0.5) is 0 Å². The number of halogens is 1. The second kappa shape index (κ2) is 10.6. The summed E-state index contributed by atoms with van der Waals surface area (Å²) >= 11 is 7.79. The molecule has 2 aliphatic heterocycles. The number of para-hydroxylation sites is 1. The molecule has 0 unspecified atom stereocenters. The number of rotatable bonds is 3. The number of benzene rings is 4. The number of carbonyl (C=O) groups excluding carboxylic acids is 1. The normalized spacial score (nSPS) is 21.8. The van der Waals surface area contributed by atoms with Gasteiger partial charge in [-0.3, -0.25) is 4.79 Å².